The van der Waals surface area contributed by atoms with Crippen molar-refractivity contribution < 1.29 is 9.18 Å². The molecule has 8 heteroatoms. The predicted octanol–water partition coefficient (Wildman–Crippen LogP) is 3.43. The molecule has 1 aliphatic carbocycles. The Labute approximate surface area is 176 Å². The van der Waals surface area contributed by atoms with E-state index >= 15 is 0 Å². The number of amides is 1. The summed E-state index contributed by atoms with van der Waals surface area (Å²) in [6.07, 6.45) is 8.84. The van der Waals surface area contributed by atoms with Crippen LogP contribution in [-0.2, 0) is 0 Å². The monoisotopic (exact) mass is 412 g/mol. The molecule has 5 N–H and O–H groups in total. The first-order chi connectivity index (χ1) is 14.5. The zero-order valence-electron chi connectivity index (χ0n) is 17.1. The average molecular weight is 413 g/mol. The number of nitrogens with two attached hydrogens (primary N) is 2. The molecule has 1 aromatic carbocycles. The standard InChI is InChI=1S/C22H29FN6O/c23-19-9-8-16(11-17(19)14-5-2-1-3-6-14)27-21-18(20(25)30)12-26-22(28-21)29-10-4-7-15(24)13-29/h8-9,11-12,14-15H,1-7,10,13,24H2,(H2,25,30)(H,26,27,28). The van der Waals surface area contributed by atoms with Gasteiger partial charge in [-0.05, 0) is 55.4 Å². The Balaban J connectivity index is 1.62. The van der Waals surface area contributed by atoms with E-state index in [0.717, 1.165) is 50.6 Å². The number of piperidine rings is 1. The number of hydrogen-bond acceptors (Lipinski definition) is 6. The highest BCUT2D eigenvalue weighted by atomic mass is 19.1. The highest BCUT2D eigenvalue weighted by Crippen LogP contribution is 2.35. The maximum atomic E-state index is 14.5. The van der Waals surface area contributed by atoms with Gasteiger partial charge in [-0.15, -0.1) is 0 Å². The van der Waals surface area contributed by atoms with Crippen LogP contribution in [0.4, 0.5) is 21.8 Å². The van der Waals surface area contributed by atoms with E-state index in [0.29, 0.717) is 24.0 Å². The molecule has 30 heavy (non-hydrogen) atoms. The number of carbonyl (C=O) groups excluding carboxylic acids is 1. The third-order valence-corrected chi connectivity index (χ3v) is 6.09. The van der Waals surface area contributed by atoms with Gasteiger partial charge in [0.15, 0.2) is 0 Å². The number of nitrogens with zero attached hydrogens (tertiary/aromatic N) is 3. The number of carbonyl (C=O) groups is 1. The summed E-state index contributed by atoms with van der Waals surface area (Å²) in [6.45, 7) is 1.48. The van der Waals surface area contributed by atoms with Crippen LogP contribution in [0.1, 0.15) is 66.8 Å². The molecule has 1 aromatic heterocycles. The lowest BCUT2D eigenvalue weighted by Crippen LogP contribution is -2.43. The van der Waals surface area contributed by atoms with Crippen molar-refractivity contribution in [2.75, 3.05) is 23.3 Å². The number of aromatic nitrogens is 2. The van der Waals surface area contributed by atoms with Gasteiger partial charge in [-0.1, -0.05) is 19.3 Å². The quantitative estimate of drug-likeness (QED) is 0.694. The van der Waals surface area contributed by atoms with E-state index in [1.165, 1.54) is 18.7 Å². The van der Waals surface area contributed by atoms with Crippen molar-refractivity contribution in [1.82, 2.24) is 9.97 Å². The Bertz CT molecular complexity index is 914. The van der Waals surface area contributed by atoms with E-state index in [-0.39, 0.29) is 23.3 Å². The van der Waals surface area contributed by atoms with Crippen molar-refractivity contribution in [3.63, 3.8) is 0 Å². The number of hydrogen-bond donors (Lipinski definition) is 3. The van der Waals surface area contributed by atoms with Crippen molar-refractivity contribution in [3.05, 3.63) is 41.3 Å². The Morgan fingerprint density at radius 3 is 2.70 bits per heavy atom. The molecule has 1 atom stereocenters. The number of halogens is 1. The highest BCUT2D eigenvalue weighted by molar-refractivity contribution is 5.98. The SMILES string of the molecule is NC(=O)c1cnc(N2CCCC(N)C2)nc1Nc1ccc(F)c(C2CCCCC2)c1. The van der Waals surface area contributed by atoms with Crippen molar-refractivity contribution in [2.24, 2.45) is 11.5 Å². The van der Waals surface area contributed by atoms with Crippen LogP contribution in [0.15, 0.2) is 24.4 Å². The van der Waals surface area contributed by atoms with Crippen LogP contribution < -0.4 is 21.7 Å². The summed E-state index contributed by atoms with van der Waals surface area (Å²) >= 11 is 0. The summed E-state index contributed by atoms with van der Waals surface area (Å²) in [6, 6.07) is 5.03. The summed E-state index contributed by atoms with van der Waals surface area (Å²) in [5.41, 5.74) is 13.2. The molecule has 1 amide bonds. The predicted molar refractivity (Wildman–Crippen MR) is 115 cm³/mol. The highest BCUT2D eigenvalue weighted by Gasteiger charge is 2.22. The Morgan fingerprint density at radius 1 is 1.17 bits per heavy atom. The smallest absolute Gasteiger partial charge is 0.254 e. The lowest BCUT2D eigenvalue weighted by Gasteiger charge is -2.31. The zero-order valence-corrected chi connectivity index (χ0v) is 17.1. The normalized spacial score (nSPS) is 20.2. The third-order valence-electron chi connectivity index (χ3n) is 6.09. The molecular weight excluding hydrogens is 383 g/mol. The Morgan fingerprint density at radius 2 is 1.97 bits per heavy atom. The van der Waals surface area contributed by atoms with E-state index in [1.807, 2.05) is 11.0 Å². The lowest BCUT2D eigenvalue weighted by molar-refractivity contribution is 0.100. The first-order valence-corrected chi connectivity index (χ1v) is 10.7. The molecule has 2 aliphatic rings. The van der Waals surface area contributed by atoms with Gasteiger partial charge >= 0.3 is 0 Å². The third kappa shape index (κ3) is 4.53. The molecule has 0 bridgehead atoms. The van der Waals surface area contributed by atoms with Gasteiger partial charge in [0.2, 0.25) is 5.95 Å². The molecule has 1 aliphatic heterocycles. The van der Waals surface area contributed by atoms with Crippen LogP contribution in [0.3, 0.4) is 0 Å². The minimum atomic E-state index is -0.617. The van der Waals surface area contributed by atoms with Crippen molar-refractivity contribution >= 4 is 23.4 Å². The molecule has 1 saturated carbocycles. The van der Waals surface area contributed by atoms with Gasteiger partial charge in [-0.25, -0.2) is 9.37 Å². The molecular formula is C22H29FN6O. The van der Waals surface area contributed by atoms with Gasteiger partial charge in [0, 0.05) is 31.0 Å². The fraction of sp³-hybridized carbons (Fsp3) is 0.500. The first kappa shape index (κ1) is 20.5. The van der Waals surface area contributed by atoms with Crippen molar-refractivity contribution in [3.8, 4) is 0 Å². The molecule has 1 unspecified atom stereocenters. The fourth-order valence-corrected chi connectivity index (χ4v) is 4.48. The van der Waals surface area contributed by atoms with Crippen LogP contribution >= 0.6 is 0 Å². The summed E-state index contributed by atoms with van der Waals surface area (Å²) < 4.78 is 14.5. The summed E-state index contributed by atoms with van der Waals surface area (Å²) in [7, 11) is 0. The summed E-state index contributed by atoms with van der Waals surface area (Å²) in [4.78, 5) is 22.8. The molecule has 7 nitrogen and oxygen atoms in total. The van der Waals surface area contributed by atoms with Gasteiger partial charge in [0.25, 0.3) is 5.91 Å². The molecule has 2 heterocycles. The number of nitrogens with one attached hydrogen (secondary N) is 1. The molecule has 0 spiro atoms. The van der Waals surface area contributed by atoms with E-state index in [1.54, 1.807) is 6.07 Å². The number of primary amides is 1. The molecule has 2 fully saturated rings. The molecule has 160 valence electrons. The summed E-state index contributed by atoms with van der Waals surface area (Å²) in [5.74, 6) is 0.259. The minimum Gasteiger partial charge on any atom is -0.365 e. The van der Waals surface area contributed by atoms with Crippen LogP contribution in [-0.4, -0.2) is 35.0 Å². The first-order valence-electron chi connectivity index (χ1n) is 10.7. The van der Waals surface area contributed by atoms with E-state index in [2.05, 4.69) is 15.3 Å². The van der Waals surface area contributed by atoms with Gasteiger partial charge in [0.1, 0.15) is 17.2 Å². The van der Waals surface area contributed by atoms with Gasteiger partial charge in [0.05, 0.1) is 0 Å². The Hall–Kier alpha value is -2.74. The van der Waals surface area contributed by atoms with Crippen LogP contribution in [0.25, 0.3) is 0 Å². The average Bonchev–Trinajstić information content (AvgIpc) is 2.75. The second-order valence-electron chi connectivity index (χ2n) is 8.34. The number of benzene rings is 1. The van der Waals surface area contributed by atoms with Crippen LogP contribution in [0, 0.1) is 5.82 Å². The number of rotatable bonds is 5. The maximum absolute atomic E-state index is 14.5. The van der Waals surface area contributed by atoms with Crippen molar-refractivity contribution in [1.29, 1.82) is 0 Å². The lowest BCUT2D eigenvalue weighted by atomic mass is 9.84. The van der Waals surface area contributed by atoms with Gasteiger partial charge in [-0.3, -0.25) is 4.79 Å². The van der Waals surface area contributed by atoms with E-state index in [9.17, 15) is 9.18 Å². The second kappa shape index (κ2) is 8.95. The van der Waals surface area contributed by atoms with E-state index < -0.39 is 5.91 Å². The largest absolute Gasteiger partial charge is 0.365 e. The van der Waals surface area contributed by atoms with Gasteiger partial charge < -0.3 is 21.7 Å². The molecule has 0 radical (unpaired) electrons. The molecule has 2 aromatic rings. The van der Waals surface area contributed by atoms with Crippen LogP contribution in [0.2, 0.25) is 0 Å². The minimum absolute atomic E-state index is 0.0738. The Kier molecular flexibility index (Phi) is 6.13. The maximum Gasteiger partial charge on any atom is 0.254 e. The fourth-order valence-electron chi connectivity index (χ4n) is 4.48. The molecule has 4 rings (SSSR count). The number of anilines is 3. The molecule has 1 saturated heterocycles. The summed E-state index contributed by atoms with van der Waals surface area (Å²) in [5, 5.41) is 3.17. The topological polar surface area (TPSA) is 110 Å². The van der Waals surface area contributed by atoms with E-state index in [4.69, 9.17) is 11.5 Å². The zero-order chi connectivity index (χ0) is 21.1. The van der Waals surface area contributed by atoms with Crippen LogP contribution in [0.5, 0.6) is 0 Å². The second-order valence-corrected chi connectivity index (χ2v) is 8.34. The van der Waals surface area contributed by atoms with Gasteiger partial charge in [-0.2, -0.15) is 4.98 Å². The van der Waals surface area contributed by atoms with Crippen molar-refractivity contribution in [2.45, 2.75) is 56.9 Å².